The maximum Gasteiger partial charge on any atom is 0.165 e. The van der Waals surface area contributed by atoms with Gasteiger partial charge in [-0.25, -0.2) is 4.39 Å². The van der Waals surface area contributed by atoms with Gasteiger partial charge < -0.3 is 4.74 Å². The molecule has 0 radical (unpaired) electrons. The van der Waals surface area contributed by atoms with Crippen molar-refractivity contribution in [2.24, 2.45) is 0 Å². The van der Waals surface area contributed by atoms with Crippen molar-refractivity contribution in [3.8, 4) is 11.5 Å². The second kappa shape index (κ2) is 4.53. The monoisotopic (exact) mass is 217 g/mol. The third-order valence-corrected chi connectivity index (χ3v) is 1.99. The van der Waals surface area contributed by atoms with E-state index in [-0.39, 0.29) is 17.1 Å². The van der Waals surface area contributed by atoms with Crippen LogP contribution in [-0.2, 0) is 0 Å². The van der Waals surface area contributed by atoms with Crippen molar-refractivity contribution < 1.29 is 13.9 Å². The van der Waals surface area contributed by atoms with Gasteiger partial charge in [-0.2, -0.15) is 0 Å². The van der Waals surface area contributed by atoms with Gasteiger partial charge in [0.1, 0.15) is 5.75 Å². The molecule has 0 N–H and O–H groups in total. The zero-order chi connectivity index (χ0) is 11.4. The first kappa shape index (κ1) is 10.3. The number of aldehydes is 1. The number of para-hydroxylation sites is 1. The van der Waals surface area contributed by atoms with Gasteiger partial charge in [-0.15, -0.1) is 0 Å². The second-order valence-electron chi connectivity index (χ2n) is 3.06. The minimum absolute atomic E-state index is 0.0804. The van der Waals surface area contributed by atoms with Gasteiger partial charge in [0.05, 0.1) is 5.56 Å². The molecule has 0 bridgehead atoms. The minimum Gasteiger partial charge on any atom is -0.453 e. The summed E-state index contributed by atoms with van der Waals surface area (Å²) in [7, 11) is 0. The van der Waals surface area contributed by atoms with E-state index in [0.29, 0.717) is 6.29 Å². The maximum atomic E-state index is 13.3. The predicted octanol–water partition coefficient (Wildman–Crippen LogP) is 2.83. The Hall–Kier alpha value is -2.23. The summed E-state index contributed by atoms with van der Waals surface area (Å²) in [5, 5.41) is 0. The Morgan fingerprint density at radius 1 is 1.19 bits per heavy atom. The Kier molecular flexibility index (Phi) is 2.91. The van der Waals surface area contributed by atoms with Crippen LogP contribution < -0.4 is 4.74 Å². The number of benzene rings is 1. The third-order valence-electron chi connectivity index (χ3n) is 1.99. The van der Waals surface area contributed by atoms with Crippen LogP contribution in [0.3, 0.4) is 0 Å². The summed E-state index contributed by atoms with van der Waals surface area (Å²) in [5.74, 6) is -0.108. The van der Waals surface area contributed by atoms with Crippen molar-refractivity contribution in [3.05, 3.63) is 54.1 Å². The summed E-state index contributed by atoms with van der Waals surface area (Å²) in [6, 6.07) is 7.51. The van der Waals surface area contributed by atoms with Crippen molar-refractivity contribution in [1.29, 1.82) is 0 Å². The molecule has 1 aromatic heterocycles. The molecule has 1 aromatic carbocycles. The molecule has 1 heterocycles. The van der Waals surface area contributed by atoms with E-state index < -0.39 is 5.82 Å². The van der Waals surface area contributed by atoms with Gasteiger partial charge in [0, 0.05) is 12.4 Å². The van der Waals surface area contributed by atoms with Gasteiger partial charge in [0.25, 0.3) is 0 Å². The lowest BCUT2D eigenvalue weighted by Crippen LogP contribution is -1.92. The molecule has 0 aliphatic rings. The molecule has 16 heavy (non-hydrogen) atoms. The molecule has 0 saturated carbocycles. The average molecular weight is 217 g/mol. The molecule has 0 fully saturated rings. The van der Waals surface area contributed by atoms with Crippen molar-refractivity contribution >= 4 is 6.29 Å². The van der Waals surface area contributed by atoms with E-state index >= 15 is 0 Å². The molecule has 0 saturated heterocycles. The van der Waals surface area contributed by atoms with Gasteiger partial charge in [-0.05, 0) is 18.2 Å². The number of carbonyl (C=O) groups excluding carboxylic acids is 1. The zero-order valence-electron chi connectivity index (χ0n) is 8.26. The highest BCUT2D eigenvalue weighted by molar-refractivity contribution is 5.78. The van der Waals surface area contributed by atoms with Crippen molar-refractivity contribution in [1.82, 2.24) is 4.98 Å². The fourth-order valence-electron chi connectivity index (χ4n) is 1.22. The van der Waals surface area contributed by atoms with Crippen molar-refractivity contribution in [2.75, 3.05) is 0 Å². The number of aromatic nitrogens is 1. The van der Waals surface area contributed by atoms with E-state index in [0.717, 1.165) is 0 Å². The number of carbonyl (C=O) groups is 1. The lowest BCUT2D eigenvalue weighted by atomic mass is 10.3. The number of hydrogen-bond acceptors (Lipinski definition) is 3. The van der Waals surface area contributed by atoms with Crippen LogP contribution in [0.5, 0.6) is 11.5 Å². The molecule has 2 rings (SSSR count). The Bertz CT molecular complexity index is 514. The standard InChI is InChI=1S/C12H8FNO2/c13-10-3-1-2-4-12(10)16-11-5-6-14-7-9(11)8-15/h1-8H. The molecule has 0 aliphatic heterocycles. The molecule has 0 spiro atoms. The Morgan fingerprint density at radius 3 is 2.75 bits per heavy atom. The fourth-order valence-corrected chi connectivity index (χ4v) is 1.22. The second-order valence-corrected chi connectivity index (χ2v) is 3.06. The molecule has 80 valence electrons. The largest absolute Gasteiger partial charge is 0.453 e. The van der Waals surface area contributed by atoms with Crippen LogP contribution in [0.2, 0.25) is 0 Å². The maximum absolute atomic E-state index is 13.3. The molecule has 0 unspecified atom stereocenters. The lowest BCUT2D eigenvalue weighted by Gasteiger charge is -2.07. The van der Waals surface area contributed by atoms with Gasteiger partial charge in [-0.1, -0.05) is 12.1 Å². The summed E-state index contributed by atoms with van der Waals surface area (Å²) in [6.07, 6.45) is 3.45. The summed E-state index contributed by atoms with van der Waals surface area (Å²) in [5.41, 5.74) is 0.283. The summed E-state index contributed by atoms with van der Waals surface area (Å²) < 4.78 is 18.6. The number of pyridine rings is 1. The lowest BCUT2D eigenvalue weighted by molar-refractivity contribution is 0.112. The van der Waals surface area contributed by atoms with E-state index in [4.69, 9.17) is 4.74 Å². The molecule has 0 atom stereocenters. The Labute approximate surface area is 91.5 Å². The molecule has 4 heteroatoms. The van der Waals surface area contributed by atoms with E-state index in [1.165, 1.54) is 30.6 Å². The highest BCUT2D eigenvalue weighted by atomic mass is 19.1. The first-order valence-corrected chi connectivity index (χ1v) is 4.63. The van der Waals surface area contributed by atoms with E-state index in [9.17, 15) is 9.18 Å². The first-order chi connectivity index (χ1) is 7.81. The Balaban J connectivity index is 2.34. The van der Waals surface area contributed by atoms with Gasteiger partial charge in [0.15, 0.2) is 17.9 Å². The SMILES string of the molecule is O=Cc1cnccc1Oc1ccccc1F. The summed E-state index contributed by atoms with van der Waals surface area (Å²) in [6.45, 7) is 0. The molecule has 2 aromatic rings. The van der Waals surface area contributed by atoms with Crippen molar-refractivity contribution in [2.45, 2.75) is 0 Å². The molecule has 0 amide bonds. The number of ether oxygens (including phenoxy) is 1. The summed E-state index contributed by atoms with van der Waals surface area (Å²) in [4.78, 5) is 14.5. The van der Waals surface area contributed by atoms with E-state index in [1.54, 1.807) is 12.1 Å². The smallest absolute Gasteiger partial charge is 0.165 e. The van der Waals surface area contributed by atoms with Crippen LogP contribution in [-0.4, -0.2) is 11.3 Å². The number of rotatable bonds is 3. The highest BCUT2D eigenvalue weighted by Crippen LogP contribution is 2.25. The van der Waals surface area contributed by atoms with Crippen LogP contribution in [0.4, 0.5) is 4.39 Å². The van der Waals surface area contributed by atoms with E-state index in [1.807, 2.05) is 0 Å². The fraction of sp³-hybridized carbons (Fsp3) is 0. The van der Waals surface area contributed by atoms with Gasteiger partial charge in [-0.3, -0.25) is 9.78 Å². The van der Waals surface area contributed by atoms with Crippen LogP contribution >= 0.6 is 0 Å². The zero-order valence-corrected chi connectivity index (χ0v) is 8.26. The normalized spacial score (nSPS) is 9.81. The van der Waals surface area contributed by atoms with E-state index in [2.05, 4.69) is 4.98 Å². The van der Waals surface area contributed by atoms with Crippen LogP contribution in [0.25, 0.3) is 0 Å². The topological polar surface area (TPSA) is 39.2 Å². The third kappa shape index (κ3) is 2.06. The van der Waals surface area contributed by atoms with Gasteiger partial charge in [0.2, 0.25) is 0 Å². The predicted molar refractivity (Wildman–Crippen MR) is 56.1 cm³/mol. The quantitative estimate of drug-likeness (QED) is 0.742. The van der Waals surface area contributed by atoms with Crippen LogP contribution in [0.15, 0.2) is 42.7 Å². The van der Waals surface area contributed by atoms with Crippen LogP contribution in [0.1, 0.15) is 10.4 Å². The molecular formula is C12H8FNO2. The van der Waals surface area contributed by atoms with Crippen molar-refractivity contribution in [3.63, 3.8) is 0 Å². The number of nitrogens with zero attached hydrogens (tertiary/aromatic N) is 1. The molecular weight excluding hydrogens is 209 g/mol. The summed E-state index contributed by atoms with van der Waals surface area (Å²) >= 11 is 0. The molecule has 0 aliphatic carbocycles. The number of halogens is 1. The molecule has 3 nitrogen and oxygen atoms in total. The number of hydrogen-bond donors (Lipinski definition) is 0. The highest BCUT2D eigenvalue weighted by Gasteiger charge is 2.06. The first-order valence-electron chi connectivity index (χ1n) is 4.63. The Morgan fingerprint density at radius 2 is 2.00 bits per heavy atom. The van der Waals surface area contributed by atoms with Gasteiger partial charge >= 0.3 is 0 Å². The average Bonchev–Trinajstić information content (AvgIpc) is 2.33. The van der Waals surface area contributed by atoms with Crippen LogP contribution in [0, 0.1) is 5.82 Å². The minimum atomic E-state index is -0.476.